The average Bonchev–Trinajstić information content (AvgIpc) is 2.82. The van der Waals surface area contributed by atoms with Gasteiger partial charge in [0.15, 0.2) is 5.96 Å². The van der Waals surface area contributed by atoms with Crippen LogP contribution in [0.4, 0.5) is 0 Å². The molecule has 2 aliphatic heterocycles. The fraction of sp³-hybridized carbons (Fsp3) is 0.720. The topological polar surface area (TPSA) is 61.4 Å². The maximum Gasteiger partial charge on any atom is 0.191 e. The summed E-state index contributed by atoms with van der Waals surface area (Å²) >= 11 is 0. The Labute approximate surface area is 194 Å². The van der Waals surface area contributed by atoms with Crippen molar-refractivity contribution in [3.8, 4) is 5.75 Å². The van der Waals surface area contributed by atoms with E-state index in [9.17, 15) is 0 Å². The molecule has 7 heteroatoms. The molecule has 0 saturated carbocycles. The summed E-state index contributed by atoms with van der Waals surface area (Å²) in [5, 5.41) is 7.17. The van der Waals surface area contributed by atoms with Crippen LogP contribution in [-0.2, 0) is 11.3 Å². The predicted molar refractivity (Wildman–Crippen MR) is 132 cm³/mol. The number of ether oxygens (including phenoxy) is 2. The molecule has 0 atom stereocenters. The lowest BCUT2D eigenvalue weighted by Gasteiger charge is -2.50. The Morgan fingerprint density at radius 1 is 1.06 bits per heavy atom. The number of benzene rings is 1. The molecule has 2 heterocycles. The number of piperidine rings is 2. The fourth-order valence-electron chi connectivity index (χ4n) is 4.83. The lowest BCUT2D eigenvalue weighted by molar-refractivity contribution is 0.0173. The van der Waals surface area contributed by atoms with Crippen molar-refractivity contribution < 1.29 is 9.47 Å². The summed E-state index contributed by atoms with van der Waals surface area (Å²) in [5.74, 6) is 1.76. The highest BCUT2D eigenvalue weighted by molar-refractivity contribution is 5.79. The van der Waals surface area contributed by atoms with Crippen LogP contribution >= 0.6 is 0 Å². The monoisotopic (exact) mass is 445 g/mol. The van der Waals surface area contributed by atoms with Crippen molar-refractivity contribution in [1.82, 2.24) is 20.4 Å². The summed E-state index contributed by atoms with van der Waals surface area (Å²) < 4.78 is 11.1. The van der Waals surface area contributed by atoms with Gasteiger partial charge in [-0.25, -0.2) is 0 Å². The number of hydrogen-bond acceptors (Lipinski definition) is 5. The van der Waals surface area contributed by atoms with Crippen molar-refractivity contribution >= 4 is 5.96 Å². The standard InChI is InChI=1S/C25H43N5O2/c1-21-8-9-22(23(18-21)32-17-16-31-4)19-27-24(26-2)28-20-25(10-14-29(3)15-11-25)30-12-6-5-7-13-30/h8-9,18H,5-7,10-17,19-20H2,1-4H3,(H2,26,27,28). The molecule has 0 unspecified atom stereocenters. The van der Waals surface area contributed by atoms with Crippen LogP contribution in [0.15, 0.2) is 23.2 Å². The summed E-state index contributed by atoms with van der Waals surface area (Å²) in [4.78, 5) is 9.72. The molecule has 7 nitrogen and oxygen atoms in total. The van der Waals surface area contributed by atoms with Gasteiger partial charge in [-0.15, -0.1) is 0 Å². The molecule has 1 aromatic rings. The quantitative estimate of drug-likeness (QED) is 0.346. The second kappa shape index (κ2) is 12.4. The molecule has 3 rings (SSSR count). The lowest BCUT2D eigenvalue weighted by atomic mass is 9.84. The van der Waals surface area contributed by atoms with Gasteiger partial charge in [-0.2, -0.15) is 0 Å². The van der Waals surface area contributed by atoms with Gasteiger partial charge in [-0.3, -0.25) is 9.89 Å². The molecule has 2 fully saturated rings. The van der Waals surface area contributed by atoms with Crippen molar-refractivity contribution in [1.29, 1.82) is 0 Å². The molecule has 2 saturated heterocycles. The van der Waals surface area contributed by atoms with E-state index in [2.05, 4.69) is 57.6 Å². The van der Waals surface area contributed by atoms with Crippen LogP contribution in [0.1, 0.15) is 43.2 Å². The third kappa shape index (κ3) is 6.83. The van der Waals surface area contributed by atoms with Crippen LogP contribution < -0.4 is 15.4 Å². The number of aliphatic imine (C=N–C) groups is 1. The molecule has 0 amide bonds. The predicted octanol–water partition coefficient (Wildman–Crippen LogP) is 2.64. The zero-order valence-electron chi connectivity index (χ0n) is 20.6. The van der Waals surface area contributed by atoms with Gasteiger partial charge in [0.2, 0.25) is 0 Å². The molecule has 0 spiro atoms. The second-order valence-electron chi connectivity index (χ2n) is 9.31. The first-order valence-electron chi connectivity index (χ1n) is 12.2. The number of nitrogens with zero attached hydrogens (tertiary/aromatic N) is 3. The van der Waals surface area contributed by atoms with Gasteiger partial charge < -0.3 is 25.0 Å². The normalized spacial score (nSPS) is 20.2. The Morgan fingerprint density at radius 3 is 2.50 bits per heavy atom. The lowest BCUT2D eigenvalue weighted by Crippen LogP contribution is -2.62. The minimum Gasteiger partial charge on any atom is -0.491 e. The Balaban J connectivity index is 1.60. The van der Waals surface area contributed by atoms with Gasteiger partial charge in [-0.1, -0.05) is 18.6 Å². The van der Waals surface area contributed by atoms with Crippen LogP contribution in [0.5, 0.6) is 5.75 Å². The summed E-state index contributed by atoms with van der Waals surface area (Å²) in [6.45, 7) is 9.60. The number of nitrogens with one attached hydrogen (secondary N) is 2. The Kier molecular flexibility index (Phi) is 9.63. The zero-order chi connectivity index (χ0) is 22.8. The molecule has 32 heavy (non-hydrogen) atoms. The molecule has 0 aliphatic carbocycles. The number of guanidine groups is 1. The highest BCUT2D eigenvalue weighted by Crippen LogP contribution is 2.31. The van der Waals surface area contributed by atoms with Gasteiger partial charge in [0.25, 0.3) is 0 Å². The van der Waals surface area contributed by atoms with Crippen molar-refractivity contribution in [2.45, 2.75) is 51.1 Å². The molecule has 0 radical (unpaired) electrons. The first-order chi connectivity index (χ1) is 15.6. The minimum atomic E-state index is 0.225. The van der Waals surface area contributed by atoms with Gasteiger partial charge in [0, 0.05) is 38.3 Å². The number of likely N-dealkylation sites (tertiary alicyclic amines) is 2. The third-order valence-electron chi connectivity index (χ3n) is 6.97. The first-order valence-corrected chi connectivity index (χ1v) is 12.2. The summed E-state index contributed by atoms with van der Waals surface area (Å²) in [5.41, 5.74) is 2.54. The van der Waals surface area contributed by atoms with E-state index in [0.717, 1.165) is 36.9 Å². The molecule has 1 aromatic carbocycles. The fourth-order valence-corrected chi connectivity index (χ4v) is 4.83. The van der Waals surface area contributed by atoms with Crippen LogP contribution in [0, 0.1) is 6.92 Å². The van der Waals surface area contributed by atoms with E-state index in [0.29, 0.717) is 19.8 Å². The molecular formula is C25H43N5O2. The van der Waals surface area contributed by atoms with Crippen molar-refractivity contribution in [3.05, 3.63) is 29.3 Å². The van der Waals surface area contributed by atoms with Crippen LogP contribution in [0.25, 0.3) is 0 Å². The van der Waals surface area contributed by atoms with E-state index in [1.165, 1.54) is 50.8 Å². The Hall–Kier alpha value is -1.83. The molecule has 2 aliphatic rings. The van der Waals surface area contributed by atoms with Crippen molar-refractivity contribution in [2.75, 3.05) is 67.1 Å². The van der Waals surface area contributed by atoms with Gasteiger partial charge in [0.05, 0.1) is 6.61 Å². The van der Waals surface area contributed by atoms with E-state index in [1.807, 2.05) is 7.05 Å². The van der Waals surface area contributed by atoms with Crippen LogP contribution in [-0.4, -0.2) is 88.4 Å². The van der Waals surface area contributed by atoms with Crippen LogP contribution in [0.2, 0.25) is 0 Å². The Morgan fingerprint density at radius 2 is 1.81 bits per heavy atom. The molecule has 0 bridgehead atoms. The summed E-state index contributed by atoms with van der Waals surface area (Å²) in [6.07, 6.45) is 6.44. The SMILES string of the molecule is CN=C(NCc1ccc(C)cc1OCCOC)NCC1(N2CCCCC2)CCN(C)CC1. The largest absolute Gasteiger partial charge is 0.491 e. The second-order valence-corrected chi connectivity index (χ2v) is 9.31. The van der Waals surface area contributed by atoms with E-state index >= 15 is 0 Å². The highest BCUT2D eigenvalue weighted by atomic mass is 16.5. The molecule has 2 N–H and O–H groups in total. The average molecular weight is 446 g/mol. The molecule has 0 aromatic heterocycles. The van der Waals surface area contributed by atoms with E-state index in [-0.39, 0.29) is 5.54 Å². The maximum absolute atomic E-state index is 5.95. The van der Waals surface area contributed by atoms with Crippen LogP contribution in [0.3, 0.4) is 0 Å². The van der Waals surface area contributed by atoms with Gasteiger partial charge >= 0.3 is 0 Å². The zero-order valence-corrected chi connectivity index (χ0v) is 20.6. The van der Waals surface area contributed by atoms with E-state index < -0.39 is 0 Å². The summed E-state index contributed by atoms with van der Waals surface area (Å²) in [6, 6.07) is 6.34. The number of methoxy groups -OCH3 is 1. The van der Waals surface area contributed by atoms with Crippen molar-refractivity contribution in [3.63, 3.8) is 0 Å². The third-order valence-corrected chi connectivity index (χ3v) is 6.97. The number of aryl methyl sites for hydroxylation is 1. The van der Waals surface area contributed by atoms with E-state index in [1.54, 1.807) is 7.11 Å². The summed E-state index contributed by atoms with van der Waals surface area (Å²) in [7, 11) is 5.78. The van der Waals surface area contributed by atoms with E-state index in [4.69, 9.17) is 9.47 Å². The van der Waals surface area contributed by atoms with Crippen molar-refractivity contribution in [2.24, 2.45) is 4.99 Å². The minimum absolute atomic E-state index is 0.225. The number of hydrogen-bond donors (Lipinski definition) is 2. The molecular weight excluding hydrogens is 402 g/mol. The Bertz CT molecular complexity index is 725. The molecule has 180 valence electrons. The highest BCUT2D eigenvalue weighted by Gasteiger charge is 2.39. The number of rotatable bonds is 9. The first kappa shape index (κ1) is 24.8. The smallest absolute Gasteiger partial charge is 0.191 e. The maximum atomic E-state index is 5.95. The van der Waals surface area contributed by atoms with Gasteiger partial charge in [-0.05, 0) is 77.5 Å². The van der Waals surface area contributed by atoms with Gasteiger partial charge in [0.1, 0.15) is 12.4 Å².